The summed E-state index contributed by atoms with van der Waals surface area (Å²) >= 11 is 1.58. The van der Waals surface area contributed by atoms with Gasteiger partial charge in [-0.25, -0.2) is 0 Å². The van der Waals surface area contributed by atoms with Crippen LogP contribution < -0.4 is 9.47 Å². The van der Waals surface area contributed by atoms with Crippen molar-refractivity contribution >= 4 is 11.3 Å². The number of ether oxygens (including phenoxy) is 2. The van der Waals surface area contributed by atoms with Crippen LogP contribution in [0.4, 0.5) is 0 Å². The van der Waals surface area contributed by atoms with Crippen LogP contribution in [0.15, 0.2) is 11.4 Å². The monoisotopic (exact) mass is 205 g/mol. The Morgan fingerprint density at radius 3 is 2.90 bits per heavy atom. The Hall–Kier alpha value is -0.181. The number of rotatable bonds is 0. The van der Waals surface area contributed by atoms with Gasteiger partial charge in [-0.05, 0) is 11.4 Å². The van der Waals surface area contributed by atoms with Crippen molar-refractivity contribution in [1.29, 1.82) is 0 Å². The Kier molecular flexibility index (Phi) is 2.60. The molecule has 0 aromatic carbocycles. The van der Waals surface area contributed by atoms with E-state index < -0.39 is 0 Å². The summed E-state index contributed by atoms with van der Waals surface area (Å²) in [6, 6.07) is 1.93. The SMILES string of the molecule is [Cu].c1cc2c(s1)OCCO2. The number of fused-ring (bicyclic) bond motifs is 1. The van der Waals surface area contributed by atoms with Gasteiger partial charge in [-0.2, -0.15) is 0 Å². The molecule has 0 saturated carbocycles. The van der Waals surface area contributed by atoms with Crippen molar-refractivity contribution in [3.8, 4) is 10.8 Å². The van der Waals surface area contributed by atoms with Gasteiger partial charge in [-0.15, -0.1) is 11.3 Å². The van der Waals surface area contributed by atoms with E-state index in [1.165, 1.54) is 0 Å². The van der Waals surface area contributed by atoms with E-state index in [2.05, 4.69) is 0 Å². The predicted molar refractivity (Wildman–Crippen MR) is 35.3 cm³/mol. The molecule has 1 radical (unpaired) electrons. The average Bonchev–Trinajstić information content (AvgIpc) is 2.33. The molecule has 4 heteroatoms. The molecule has 2 rings (SSSR count). The Morgan fingerprint density at radius 1 is 1.30 bits per heavy atom. The molecule has 59 valence electrons. The summed E-state index contributed by atoms with van der Waals surface area (Å²) in [6.07, 6.45) is 0. The topological polar surface area (TPSA) is 18.5 Å². The second-order valence-corrected chi connectivity index (χ2v) is 2.65. The molecule has 1 aromatic heterocycles. The number of hydrogen-bond donors (Lipinski definition) is 0. The van der Waals surface area contributed by atoms with Gasteiger partial charge in [0.15, 0.2) is 5.75 Å². The van der Waals surface area contributed by atoms with Gasteiger partial charge in [0.1, 0.15) is 13.2 Å². The summed E-state index contributed by atoms with van der Waals surface area (Å²) in [5, 5.41) is 2.89. The number of thiophene rings is 1. The minimum atomic E-state index is 0. The normalized spacial score (nSPS) is 14.0. The fraction of sp³-hybridized carbons (Fsp3) is 0.333. The minimum absolute atomic E-state index is 0. The van der Waals surface area contributed by atoms with Gasteiger partial charge >= 0.3 is 0 Å². The Morgan fingerprint density at radius 2 is 2.10 bits per heavy atom. The van der Waals surface area contributed by atoms with E-state index in [-0.39, 0.29) is 17.1 Å². The summed E-state index contributed by atoms with van der Waals surface area (Å²) in [4.78, 5) is 0. The van der Waals surface area contributed by atoms with Crippen LogP contribution in [0.25, 0.3) is 0 Å². The molecular formula is C6H6CuO2S. The van der Waals surface area contributed by atoms with Crippen LogP contribution in [0.5, 0.6) is 10.8 Å². The van der Waals surface area contributed by atoms with Crippen molar-refractivity contribution in [2.24, 2.45) is 0 Å². The molecule has 2 nitrogen and oxygen atoms in total. The Labute approximate surface area is 73.6 Å². The van der Waals surface area contributed by atoms with Gasteiger partial charge in [0, 0.05) is 17.1 Å². The smallest absolute Gasteiger partial charge is 0.217 e. The molecular weight excluding hydrogens is 200 g/mol. The molecule has 10 heavy (non-hydrogen) atoms. The van der Waals surface area contributed by atoms with Gasteiger partial charge in [-0.1, -0.05) is 0 Å². The maximum atomic E-state index is 5.26. The van der Waals surface area contributed by atoms with E-state index in [9.17, 15) is 0 Å². The van der Waals surface area contributed by atoms with Gasteiger partial charge < -0.3 is 9.47 Å². The molecule has 0 amide bonds. The Balaban J connectivity index is 0.000000500. The zero-order valence-electron chi connectivity index (χ0n) is 5.10. The summed E-state index contributed by atoms with van der Waals surface area (Å²) in [7, 11) is 0. The predicted octanol–water partition coefficient (Wildman–Crippen LogP) is 1.52. The molecule has 1 aromatic rings. The van der Waals surface area contributed by atoms with Gasteiger partial charge in [0.2, 0.25) is 5.06 Å². The van der Waals surface area contributed by atoms with Crippen molar-refractivity contribution < 1.29 is 26.5 Å². The maximum absolute atomic E-state index is 5.26. The summed E-state index contributed by atoms with van der Waals surface area (Å²) < 4.78 is 10.5. The van der Waals surface area contributed by atoms with Crippen LogP contribution in [-0.2, 0) is 17.1 Å². The zero-order chi connectivity index (χ0) is 6.10. The van der Waals surface area contributed by atoms with E-state index >= 15 is 0 Å². The second-order valence-electron chi connectivity index (χ2n) is 1.77. The van der Waals surface area contributed by atoms with Gasteiger partial charge in [-0.3, -0.25) is 0 Å². The van der Waals surface area contributed by atoms with Crippen molar-refractivity contribution in [1.82, 2.24) is 0 Å². The van der Waals surface area contributed by atoms with Crippen LogP contribution in [0.2, 0.25) is 0 Å². The van der Waals surface area contributed by atoms with Gasteiger partial charge in [0.25, 0.3) is 0 Å². The molecule has 0 fully saturated rings. The third-order valence-electron chi connectivity index (χ3n) is 1.17. The van der Waals surface area contributed by atoms with Crippen LogP contribution in [0.3, 0.4) is 0 Å². The average molecular weight is 206 g/mol. The standard InChI is InChI=1S/C6H6O2S.Cu/c1-4-9-6-5(1)7-2-3-8-6;/h1,4H,2-3H2;. The van der Waals surface area contributed by atoms with Crippen LogP contribution in [0, 0.1) is 0 Å². The molecule has 0 saturated heterocycles. The first-order valence-electron chi connectivity index (χ1n) is 2.80. The molecule has 2 heterocycles. The quantitative estimate of drug-likeness (QED) is 0.598. The maximum Gasteiger partial charge on any atom is 0.217 e. The van der Waals surface area contributed by atoms with Crippen LogP contribution in [-0.4, -0.2) is 13.2 Å². The summed E-state index contributed by atoms with van der Waals surface area (Å²) in [5.74, 6) is 0.895. The van der Waals surface area contributed by atoms with E-state index in [4.69, 9.17) is 9.47 Å². The number of hydrogen-bond acceptors (Lipinski definition) is 3. The molecule has 0 aliphatic carbocycles. The molecule has 1 aliphatic rings. The first-order valence-corrected chi connectivity index (χ1v) is 3.68. The molecule has 0 bridgehead atoms. The van der Waals surface area contributed by atoms with Crippen molar-refractivity contribution in [3.63, 3.8) is 0 Å². The van der Waals surface area contributed by atoms with Crippen LogP contribution >= 0.6 is 11.3 Å². The zero-order valence-corrected chi connectivity index (χ0v) is 6.85. The van der Waals surface area contributed by atoms with Crippen molar-refractivity contribution in [2.45, 2.75) is 0 Å². The fourth-order valence-electron chi connectivity index (χ4n) is 0.782. The summed E-state index contributed by atoms with van der Waals surface area (Å²) in [6.45, 7) is 1.37. The first-order chi connectivity index (χ1) is 4.47. The Bertz CT molecular complexity index is 191. The molecule has 0 atom stereocenters. The van der Waals surface area contributed by atoms with E-state index in [0.717, 1.165) is 10.8 Å². The third-order valence-corrected chi connectivity index (χ3v) is 1.98. The van der Waals surface area contributed by atoms with E-state index in [1.54, 1.807) is 11.3 Å². The minimum Gasteiger partial charge on any atom is -0.485 e. The van der Waals surface area contributed by atoms with E-state index in [1.807, 2.05) is 11.4 Å². The fourth-order valence-corrected chi connectivity index (χ4v) is 1.49. The largest absolute Gasteiger partial charge is 0.485 e. The first kappa shape index (κ1) is 7.92. The molecule has 0 unspecified atom stereocenters. The second kappa shape index (κ2) is 3.28. The third kappa shape index (κ3) is 1.29. The van der Waals surface area contributed by atoms with E-state index in [0.29, 0.717) is 13.2 Å². The molecule has 0 N–H and O–H groups in total. The summed E-state index contributed by atoms with van der Waals surface area (Å²) in [5.41, 5.74) is 0. The van der Waals surface area contributed by atoms with Crippen molar-refractivity contribution in [3.05, 3.63) is 11.4 Å². The molecule has 0 spiro atoms. The molecule has 1 aliphatic heterocycles. The van der Waals surface area contributed by atoms with Crippen LogP contribution in [0.1, 0.15) is 0 Å². The van der Waals surface area contributed by atoms with Crippen molar-refractivity contribution in [2.75, 3.05) is 13.2 Å². The van der Waals surface area contributed by atoms with Gasteiger partial charge in [0.05, 0.1) is 0 Å².